The van der Waals surface area contributed by atoms with Crippen molar-refractivity contribution < 1.29 is 19.1 Å². The Hall–Kier alpha value is -3.21. The highest BCUT2D eigenvalue weighted by Gasteiger charge is 2.27. The maximum Gasteiger partial charge on any atom is 0.357 e. The van der Waals surface area contributed by atoms with E-state index in [-0.39, 0.29) is 12.3 Å². The summed E-state index contributed by atoms with van der Waals surface area (Å²) >= 11 is 0. The first kappa shape index (κ1) is 24.1. The quantitative estimate of drug-likeness (QED) is 0.344. The molecule has 0 aliphatic rings. The summed E-state index contributed by atoms with van der Waals surface area (Å²) in [5.41, 5.74) is 2.23. The number of hydrogen-bond donors (Lipinski definition) is 0. The Bertz CT molecular complexity index is 912. The van der Waals surface area contributed by atoms with Crippen LogP contribution >= 0.6 is 0 Å². The standard InChI is InChI=1S/C26H31NO4/c1-7-30-24(28)19(3)18(2)22(25(29)31-26(4,5)6)27-23(20-14-10-8-11-15-20)21-16-12-9-13-17-21/h8-17,19H,7H2,1-6H3/b22-18+. The topological polar surface area (TPSA) is 65.0 Å². The van der Waals surface area contributed by atoms with Gasteiger partial charge in [0.1, 0.15) is 11.3 Å². The van der Waals surface area contributed by atoms with Crippen molar-refractivity contribution in [2.75, 3.05) is 6.61 Å². The van der Waals surface area contributed by atoms with Gasteiger partial charge in [-0.15, -0.1) is 0 Å². The van der Waals surface area contributed by atoms with E-state index in [2.05, 4.69) is 0 Å². The highest BCUT2D eigenvalue weighted by atomic mass is 16.6. The van der Waals surface area contributed by atoms with E-state index in [0.29, 0.717) is 11.3 Å². The molecule has 164 valence electrons. The number of benzene rings is 2. The van der Waals surface area contributed by atoms with Crippen LogP contribution in [0.1, 0.15) is 52.7 Å². The molecule has 31 heavy (non-hydrogen) atoms. The Balaban J connectivity index is 2.69. The summed E-state index contributed by atoms with van der Waals surface area (Å²) in [6.07, 6.45) is 0. The summed E-state index contributed by atoms with van der Waals surface area (Å²) in [6.45, 7) is 10.8. The molecule has 1 unspecified atom stereocenters. The summed E-state index contributed by atoms with van der Waals surface area (Å²) in [7, 11) is 0. The minimum atomic E-state index is -0.703. The van der Waals surface area contributed by atoms with Gasteiger partial charge in [-0.1, -0.05) is 60.7 Å². The van der Waals surface area contributed by atoms with Gasteiger partial charge in [0, 0.05) is 11.1 Å². The van der Waals surface area contributed by atoms with E-state index in [1.54, 1.807) is 41.5 Å². The van der Waals surface area contributed by atoms with Crippen LogP contribution in [0.3, 0.4) is 0 Å². The van der Waals surface area contributed by atoms with Crippen molar-refractivity contribution >= 4 is 17.7 Å². The van der Waals surface area contributed by atoms with Gasteiger partial charge in [-0.25, -0.2) is 9.79 Å². The molecular formula is C26H31NO4. The normalized spacial score (nSPS) is 13.0. The average molecular weight is 422 g/mol. The Morgan fingerprint density at radius 2 is 1.42 bits per heavy atom. The van der Waals surface area contributed by atoms with Crippen LogP contribution in [0.25, 0.3) is 0 Å². The van der Waals surface area contributed by atoms with Crippen LogP contribution in [0.2, 0.25) is 0 Å². The van der Waals surface area contributed by atoms with Crippen molar-refractivity contribution in [3.8, 4) is 0 Å². The first-order valence-corrected chi connectivity index (χ1v) is 10.4. The van der Waals surface area contributed by atoms with Crippen LogP contribution in [0.5, 0.6) is 0 Å². The van der Waals surface area contributed by atoms with E-state index in [1.807, 2.05) is 60.7 Å². The fourth-order valence-electron chi connectivity index (χ4n) is 2.87. The number of aliphatic imine (C=N–C) groups is 1. The Kier molecular flexibility index (Phi) is 8.31. The van der Waals surface area contributed by atoms with Gasteiger partial charge in [-0.05, 0) is 47.1 Å². The second-order valence-corrected chi connectivity index (χ2v) is 8.20. The average Bonchev–Trinajstić information content (AvgIpc) is 2.73. The molecule has 0 aliphatic carbocycles. The van der Waals surface area contributed by atoms with E-state index in [0.717, 1.165) is 11.1 Å². The largest absolute Gasteiger partial charge is 0.466 e. The molecule has 0 saturated heterocycles. The third kappa shape index (κ3) is 6.92. The Morgan fingerprint density at radius 1 is 0.935 bits per heavy atom. The van der Waals surface area contributed by atoms with E-state index in [1.165, 1.54) is 0 Å². The van der Waals surface area contributed by atoms with Crippen molar-refractivity contribution in [3.05, 3.63) is 83.1 Å². The molecule has 2 rings (SSSR count). The zero-order chi connectivity index (χ0) is 23.0. The van der Waals surface area contributed by atoms with Gasteiger partial charge in [0.2, 0.25) is 0 Å². The highest BCUT2D eigenvalue weighted by Crippen LogP contribution is 2.23. The predicted molar refractivity (Wildman–Crippen MR) is 123 cm³/mol. The van der Waals surface area contributed by atoms with Crippen LogP contribution < -0.4 is 0 Å². The molecule has 0 N–H and O–H groups in total. The van der Waals surface area contributed by atoms with Gasteiger partial charge in [0.15, 0.2) is 0 Å². The van der Waals surface area contributed by atoms with Crippen molar-refractivity contribution in [1.82, 2.24) is 0 Å². The van der Waals surface area contributed by atoms with Crippen LogP contribution in [0.4, 0.5) is 0 Å². The molecule has 2 aromatic carbocycles. The number of hydrogen-bond acceptors (Lipinski definition) is 5. The minimum absolute atomic E-state index is 0.109. The van der Waals surface area contributed by atoms with E-state index in [4.69, 9.17) is 14.5 Å². The molecule has 5 heteroatoms. The minimum Gasteiger partial charge on any atom is -0.466 e. The molecule has 2 aromatic rings. The summed E-state index contributed by atoms with van der Waals surface area (Å²) in [6, 6.07) is 19.2. The molecule has 0 aromatic heterocycles. The van der Waals surface area contributed by atoms with Crippen LogP contribution in [-0.2, 0) is 19.1 Å². The molecule has 0 bridgehead atoms. The monoisotopic (exact) mass is 421 g/mol. The maximum absolute atomic E-state index is 13.1. The van der Waals surface area contributed by atoms with Gasteiger partial charge in [0.25, 0.3) is 0 Å². The number of rotatable bonds is 7. The van der Waals surface area contributed by atoms with Crippen LogP contribution in [0, 0.1) is 5.92 Å². The summed E-state index contributed by atoms with van der Waals surface area (Å²) in [5, 5.41) is 0. The third-order valence-corrected chi connectivity index (χ3v) is 4.57. The lowest BCUT2D eigenvalue weighted by Gasteiger charge is -2.22. The van der Waals surface area contributed by atoms with E-state index >= 15 is 0 Å². The summed E-state index contributed by atoms with van der Waals surface area (Å²) < 4.78 is 10.8. The number of nitrogens with zero attached hydrogens (tertiary/aromatic N) is 1. The zero-order valence-corrected chi connectivity index (χ0v) is 19.1. The molecular weight excluding hydrogens is 390 g/mol. The molecule has 0 aliphatic heterocycles. The lowest BCUT2D eigenvalue weighted by Crippen LogP contribution is -2.27. The lowest BCUT2D eigenvalue weighted by molar-refractivity contribution is -0.150. The number of esters is 2. The van der Waals surface area contributed by atoms with E-state index < -0.39 is 23.5 Å². The zero-order valence-electron chi connectivity index (χ0n) is 19.1. The van der Waals surface area contributed by atoms with Gasteiger partial charge in [0.05, 0.1) is 18.2 Å². The Morgan fingerprint density at radius 3 is 1.84 bits per heavy atom. The first-order chi connectivity index (χ1) is 14.6. The molecule has 0 spiro atoms. The van der Waals surface area contributed by atoms with Gasteiger partial charge in [-0.2, -0.15) is 0 Å². The van der Waals surface area contributed by atoms with Gasteiger partial charge in [-0.3, -0.25) is 4.79 Å². The van der Waals surface area contributed by atoms with Crippen molar-refractivity contribution in [3.63, 3.8) is 0 Å². The second-order valence-electron chi connectivity index (χ2n) is 8.20. The third-order valence-electron chi connectivity index (χ3n) is 4.57. The van der Waals surface area contributed by atoms with E-state index in [9.17, 15) is 9.59 Å². The second kappa shape index (κ2) is 10.7. The van der Waals surface area contributed by atoms with Gasteiger partial charge >= 0.3 is 11.9 Å². The smallest absolute Gasteiger partial charge is 0.357 e. The molecule has 0 saturated carbocycles. The fourth-order valence-corrected chi connectivity index (χ4v) is 2.87. The van der Waals surface area contributed by atoms with Crippen molar-refractivity contribution in [2.24, 2.45) is 10.9 Å². The maximum atomic E-state index is 13.1. The highest BCUT2D eigenvalue weighted by molar-refractivity contribution is 6.14. The Labute approximate surface area is 184 Å². The number of carbonyl (C=O) groups is 2. The van der Waals surface area contributed by atoms with Crippen LogP contribution in [0.15, 0.2) is 76.9 Å². The number of ether oxygens (including phenoxy) is 2. The van der Waals surface area contributed by atoms with Crippen molar-refractivity contribution in [1.29, 1.82) is 0 Å². The molecule has 0 fully saturated rings. The summed E-state index contributed by atoms with van der Waals surface area (Å²) in [5.74, 6) is -1.62. The molecule has 5 nitrogen and oxygen atoms in total. The van der Waals surface area contributed by atoms with Crippen molar-refractivity contribution in [2.45, 2.75) is 47.1 Å². The molecule has 0 heterocycles. The lowest BCUT2D eigenvalue weighted by atomic mass is 9.99. The SMILES string of the molecule is CCOC(=O)C(C)/C(C)=C(/N=C(c1ccccc1)c1ccccc1)C(=O)OC(C)(C)C. The van der Waals surface area contributed by atoms with Gasteiger partial charge < -0.3 is 9.47 Å². The summed E-state index contributed by atoms with van der Waals surface area (Å²) in [4.78, 5) is 30.3. The molecule has 1 atom stereocenters. The first-order valence-electron chi connectivity index (χ1n) is 10.4. The molecule has 0 radical (unpaired) electrons. The molecule has 0 amide bonds. The number of carbonyl (C=O) groups excluding carboxylic acids is 2. The fraction of sp³-hybridized carbons (Fsp3) is 0.346. The van der Waals surface area contributed by atoms with Crippen LogP contribution in [-0.4, -0.2) is 29.9 Å². The predicted octanol–water partition coefficient (Wildman–Crippen LogP) is 5.34.